The molecule has 1 aliphatic heterocycles. The van der Waals surface area contributed by atoms with Gasteiger partial charge in [0.2, 0.25) is 15.9 Å². The topological polar surface area (TPSA) is 75.7 Å². The molecule has 30 heavy (non-hydrogen) atoms. The van der Waals surface area contributed by atoms with Crippen LogP contribution in [0, 0.1) is 24.5 Å². The number of aryl methyl sites for hydroxylation is 1. The Morgan fingerprint density at radius 2 is 2.00 bits per heavy atom. The quantitative estimate of drug-likeness (QED) is 0.746. The van der Waals surface area contributed by atoms with E-state index < -0.39 is 33.5 Å². The van der Waals surface area contributed by atoms with Crippen LogP contribution in [0.15, 0.2) is 41.3 Å². The molecule has 6 nitrogen and oxygen atoms in total. The van der Waals surface area contributed by atoms with Crippen molar-refractivity contribution in [2.75, 3.05) is 25.0 Å². The van der Waals surface area contributed by atoms with Crippen LogP contribution >= 0.6 is 0 Å². The highest BCUT2D eigenvalue weighted by Crippen LogP contribution is 2.28. The number of nitrogens with one attached hydrogen (secondary N) is 1. The van der Waals surface area contributed by atoms with E-state index in [1.165, 1.54) is 10.4 Å². The van der Waals surface area contributed by atoms with Crippen LogP contribution in [0.4, 0.5) is 14.5 Å². The summed E-state index contributed by atoms with van der Waals surface area (Å²) in [6.45, 7) is 4.34. The van der Waals surface area contributed by atoms with Crippen LogP contribution in [0.3, 0.4) is 0 Å². The second kappa shape index (κ2) is 9.09. The number of sulfonamides is 1. The monoisotopic (exact) mass is 438 g/mol. The zero-order valence-corrected chi connectivity index (χ0v) is 17.6. The molecule has 0 aromatic heterocycles. The largest absolute Gasteiger partial charge is 0.494 e. The average Bonchev–Trinajstić information content (AvgIpc) is 2.72. The third-order valence-corrected chi connectivity index (χ3v) is 6.89. The minimum Gasteiger partial charge on any atom is -0.494 e. The van der Waals surface area contributed by atoms with Gasteiger partial charge < -0.3 is 10.1 Å². The fraction of sp³-hybridized carbons (Fsp3) is 0.381. The highest BCUT2D eigenvalue weighted by Gasteiger charge is 2.33. The zero-order valence-electron chi connectivity index (χ0n) is 16.8. The van der Waals surface area contributed by atoms with Gasteiger partial charge >= 0.3 is 0 Å². The van der Waals surface area contributed by atoms with Crippen LogP contribution in [-0.4, -0.2) is 38.3 Å². The summed E-state index contributed by atoms with van der Waals surface area (Å²) in [6, 6.07) is 7.43. The summed E-state index contributed by atoms with van der Waals surface area (Å²) in [7, 11) is -3.81. The van der Waals surface area contributed by atoms with Crippen molar-refractivity contribution in [1.29, 1.82) is 0 Å². The molecule has 1 fully saturated rings. The molecule has 0 radical (unpaired) electrons. The number of ether oxygens (including phenoxy) is 1. The number of nitrogens with zero attached hydrogens (tertiary/aromatic N) is 1. The third-order valence-electron chi connectivity index (χ3n) is 5.03. The first-order valence-electron chi connectivity index (χ1n) is 9.72. The fourth-order valence-corrected chi connectivity index (χ4v) is 5.06. The van der Waals surface area contributed by atoms with Crippen LogP contribution in [0.1, 0.15) is 25.3 Å². The summed E-state index contributed by atoms with van der Waals surface area (Å²) in [5.41, 5.74) is 0.438. The van der Waals surface area contributed by atoms with E-state index in [1.807, 2.05) is 6.92 Å². The normalized spacial score (nSPS) is 17.5. The fourth-order valence-electron chi connectivity index (χ4n) is 3.45. The Labute approximate surface area is 174 Å². The van der Waals surface area contributed by atoms with Crippen molar-refractivity contribution >= 4 is 21.6 Å². The number of benzene rings is 2. The molecule has 9 heteroatoms. The molecule has 1 heterocycles. The van der Waals surface area contributed by atoms with Crippen LogP contribution in [-0.2, 0) is 14.8 Å². The van der Waals surface area contributed by atoms with Gasteiger partial charge in [-0.05, 0) is 62.6 Å². The van der Waals surface area contributed by atoms with E-state index in [0.29, 0.717) is 30.8 Å². The maximum absolute atomic E-state index is 13.8. The van der Waals surface area contributed by atoms with E-state index in [9.17, 15) is 22.0 Å². The van der Waals surface area contributed by atoms with Gasteiger partial charge in [0.25, 0.3) is 0 Å². The van der Waals surface area contributed by atoms with Gasteiger partial charge in [0.15, 0.2) is 0 Å². The Morgan fingerprint density at radius 3 is 2.70 bits per heavy atom. The molecule has 1 atom stereocenters. The van der Waals surface area contributed by atoms with Crippen LogP contribution in [0.25, 0.3) is 0 Å². The van der Waals surface area contributed by atoms with Crippen molar-refractivity contribution < 1.29 is 26.7 Å². The number of carbonyl (C=O) groups excluding carboxylic acids is 1. The Hall–Kier alpha value is -2.52. The summed E-state index contributed by atoms with van der Waals surface area (Å²) in [5.74, 6) is -2.02. The predicted molar refractivity (Wildman–Crippen MR) is 109 cm³/mol. The second-order valence-corrected chi connectivity index (χ2v) is 9.11. The lowest BCUT2D eigenvalue weighted by Gasteiger charge is -2.31. The predicted octanol–water partition coefficient (Wildman–Crippen LogP) is 3.71. The van der Waals surface area contributed by atoms with Gasteiger partial charge in [-0.1, -0.05) is 0 Å². The molecule has 1 saturated heterocycles. The number of rotatable bonds is 6. The van der Waals surface area contributed by atoms with E-state index >= 15 is 0 Å². The van der Waals surface area contributed by atoms with Gasteiger partial charge in [-0.2, -0.15) is 4.31 Å². The van der Waals surface area contributed by atoms with E-state index in [1.54, 1.807) is 19.1 Å². The molecule has 0 unspecified atom stereocenters. The molecule has 0 spiro atoms. The minimum absolute atomic E-state index is 0.0304. The van der Waals surface area contributed by atoms with Crippen molar-refractivity contribution in [2.24, 2.45) is 5.92 Å². The lowest BCUT2D eigenvalue weighted by molar-refractivity contribution is -0.120. The summed E-state index contributed by atoms with van der Waals surface area (Å²) >= 11 is 0. The number of amides is 1. The maximum Gasteiger partial charge on any atom is 0.243 e. The molecule has 1 amide bonds. The molecule has 1 aliphatic rings. The van der Waals surface area contributed by atoms with Crippen molar-refractivity contribution in [3.05, 3.63) is 53.6 Å². The van der Waals surface area contributed by atoms with Gasteiger partial charge in [0, 0.05) is 19.2 Å². The van der Waals surface area contributed by atoms with Gasteiger partial charge in [-0.15, -0.1) is 0 Å². The molecule has 2 aromatic carbocycles. The van der Waals surface area contributed by atoms with E-state index in [4.69, 9.17) is 4.74 Å². The number of piperidine rings is 1. The molecular formula is C21H24F2N2O4S. The third kappa shape index (κ3) is 4.79. The first-order chi connectivity index (χ1) is 14.2. The number of halogens is 2. The molecule has 3 rings (SSSR count). The van der Waals surface area contributed by atoms with Crippen molar-refractivity contribution in [3.8, 4) is 5.75 Å². The Kier molecular flexibility index (Phi) is 6.72. The maximum atomic E-state index is 13.8. The molecule has 0 saturated carbocycles. The van der Waals surface area contributed by atoms with E-state index in [0.717, 1.165) is 18.2 Å². The van der Waals surface area contributed by atoms with E-state index in [-0.39, 0.29) is 23.7 Å². The summed E-state index contributed by atoms with van der Waals surface area (Å²) < 4.78 is 60.0. The smallest absolute Gasteiger partial charge is 0.243 e. The molecule has 162 valence electrons. The number of hydrogen-bond donors (Lipinski definition) is 1. The highest BCUT2D eigenvalue weighted by molar-refractivity contribution is 7.89. The number of carbonyl (C=O) groups is 1. The molecular weight excluding hydrogens is 414 g/mol. The molecule has 1 N–H and O–H groups in total. The van der Waals surface area contributed by atoms with Crippen molar-refractivity contribution in [2.45, 2.75) is 31.6 Å². The van der Waals surface area contributed by atoms with Gasteiger partial charge in [-0.3, -0.25) is 4.79 Å². The van der Waals surface area contributed by atoms with E-state index in [2.05, 4.69) is 5.32 Å². The summed E-state index contributed by atoms with van der Waals surface area (Å²) in [4.78, 5) is 12.7. The average molecular weight is 438 g/mol. The SMILES string of the molecule is CCOc1ccc(S(=O)(=O)N2CCC[C@H](C(=O)Nc3cc(F)ccc3F)C2)cc1C. The minimum atomic E-state index is -3.81. The molecule has 0 bridgehead atoms. The summed E-state index contributed by atoms with van der Waals surface area (Å²) in [6.07, 6.45) is 0.941. The van der Waals surface area contributed by atoms with Crippen molar-refractivity contribution in [3.63, 3.8) is 0 Å². The first kappa shape index (κ1) is 22.2. The van der Waals surface area contributed by atoms with Crippen LogP contribution in [0.2, 0.25) is 0 Å². The molecule has 2 aromatic rings. The van der Waals surface area contributed by atoms with Crippen LogP contribution < -0.4 is 10.1 Å². The Balaban J connectivity index is 1.75. The number of anilines is 1. The van der Waals surface area contributed by atoms with Crippen molar-refractivity contribution in [1.82, 2.24) is 4.31 Å². The second-order valence-electron chi connectivity index (χ2n) is 7.18. The lowest BCUT2D eigenvalue weighted by Crippen LogP contribution is -2.43. The first-order valence-corrected chi connectivity index (χ1v) is 11.2. The standard InChI is InChI=1S/C21H24F2N2O4S/c1-3-29-20-9-7-17(11-14(20)2)30(27,28)25-10-4-5-15(13-25)21(26)24-19-12-16(22)6-8-18(19)23/h6-9,11-12,15H,3-5,10,13H2,1-2H3,(H,24,26)/t15-/m0/s1. The zero-order chi connectivity index (χ0) is 21.9. The van der Waals surface area contributed by atoms with Gasteiger partial charge in [-0.25, -0.2) is 17.2 Å². The van der Waals surface area contributed by atoms with Gasteiger partial charge in [0.05, 0.1) is 23.1 Å². The number of hydrogen-bond acceptors (Lipinski definition) is 4. The summed E-state index contributed by atoms with van der Waals surface area (Å²) in [5, 5.41) is 2.37. The van der Waals surface area contributed by atoms with Crippen LogP contribution in [0.5, 0.6) is 5.75 Å². The van der Waals surface area contributed by atoms with Gasteiger partial charge in [0.1, 0.15) is 17.4 Å². The molecule has 0 aliphatic carbocycles. The Bertz CT molecular complexity index is 1040. The highest BCUT2D eigenvalue weighted by atomic mass is 32.2. The lowest BCUT2D eigenvalue weighted by atomic mass is 9.98. The Morgan fingerprint density at radius 1 is 1.23 bits per heavy atom.